The van der Waals surface area contributed by atoms with Crippen LogP contribution in [0.5, 0.6) is 0 Å². The molecule has 0 aliphatic carbocycles. The Morgan fingerprint density at radius 2 is 1.83 bits per heavy atom. The Kier molecular flexibility index (Phi) is 2.47. The summed E-state index contributed by atoms with van der Waals surface area (Å²) in [4.78, 5) is 0. The van der Waals surface area contributed by atoms with E-state index in [-0.39, 0.29) is 17.4 Å². The summed E-state index contributed by atoms with van der Waals surface area (Å²) < 4.78 is 32.4. The third-order valence-electron chi connectivity index (χ3n) is 2.73. The minimum atomic E-state index is -2.43. The highest BCUT2D eigenvalue weighted by molar-refractivity contribution is 7.92. The van der Waals surface area contributed by atoms with Crippen molar-refractivity contribution >= 4 is 9.73 Å². The summed E-state index contributed by atoms with van der Waals surface area (Å²) in [5.41, 5.74) is -1.16. The molecule has 0 saturated carbocycles. The van der Waals surface area contributed by atoms with Gasteiger partial charge in [-0.2, -0.15) is 0 Å². The first-order valence-electron chi connectivity index (χ1n) is 4.29. The second-order valence-electron chi connectivity index (χ2n) is 3.91. The second-order valence-corrected chi connectivity index (χ2v) is 6.35. The summed E-state index contributed by atoms with van der Waals surface area (Å²) in [6, 6.07) is 0. The molecule has 0 atom stereocenters. The molecule has 12 heavy (non-hydrogen) atoms. The summed E-state index contributed by atoms with van der Waals surface area (Å²) >= 11 is 0. The first kappa shape index (κ1) is 9.96. The Hall–Kier alpha value is -0.120. The molecule has 4 heteroatoms. The predicted octanol–water partition coefficient (Wildman–Crippen LogP) is 2.19. The highest BCUT2D eigenvalue weighted by atomic mass is 32.2. The molecule has 1 saturated heterocycles. The van der Waals surface area contributed by atoms with Gasteiger partial charge in [0.05, 0.1) is 0 Å². The quantitative estimate of drug-likeness (QED) is 0.681. The molecule has 72 valence electrons. The maximum Gasteiger partial charge on any atom is 0.115 e. The zero-order valence-electron chi connectivity index (χ0n) is 7.60. The van der Waals surface area contributed by atoms with Crippen LogP contribution in [-0.2, 0) is 9.73 Å². The van der Waals surface area contributed by atoms with Gasteiger partial charge in [-0.1, -0.05) is 13.8 Å². The lowest BCUT2D eigenvalue weighted by Crippen LogP contribution is -2.39. The molecular weight excluding hydrogens is 177 g/mol. The molecule has 1 N–H and O–H groups in total. The molecular formula is C8H16FNOS. The second kappa shape index (κ2) is 2.98. The minimum Gasteiger partial charge on any atom is -0.253 e. The largest absolute Gasteiger partial charge is 0.253 e. The molecule has 0 aromatic heterocycles. The maximum absolute atomic E-state index is 13.8. The third kappa shape index (κ3) is 1.97. The molecule has 1 rings (SSSR count). The molecule has 0 amide bonds. The molecule has 0 aromatic carbocycles. The fraction of sp³-hybridized carbons (Fsp3) is 1.00. The van der Waals surface area contributed by atoms with E-state index in [4.69, 9.17) is 4.78 Å². The van der Waals surface area contributed by atoms with E-state index < -0.39 is 15.4 Å². The molecule has 2 nitrogen and oxygen atoms in total. The highest BCUT2D eigenvalue weighted by Crippen LogP contribution is 2.34. The van der Waals surface area contributed by atoms with E-state index in [1.807, 2.05) is 13.8 Å². The molecule has 1 fully saturated rings. The highest BCUT2D eigenvalue weighted by Gasteiger charge is 2.38. The Balaban J connectivity index is 2.68. The van der Waals surface area contributed by atoms with Gasteiger partial charge in [-0.05, 0) is 18.8 Å². The third-order valence-corrected chi connectivity index (χ3v) is 4.46. The van der Waals surface area contributed by atoms with Crippen LogP contribution in [0.25, 0.3) is 0 Å². The van der Waals surface area contributed by atoms with Gasteiger partial charge >= 0.3 is 0 Å². The van der Waals surface area contributed by atoms with Gasteiger partial charge in [0.25, 0.3) is 0 Å². The van der Waals surface area contributed by atoms with Crippen molar-refractivity contribution in [2.45, 2.75) is 32.4 Å². The summed E-state index contributed by atoms with van der Waals surface area (Å²) in [6.07, 6.45) is 0.597. The topological polar surface area (TPSA) is 40.9 Å². The minimum absolute atomic E-state index is 0.0204. The molecule has 0 spiro atoms. The van der Waals surface area contributed by atoms with Crippen LogP contribution in [0.3, 0.4) is 0 Å². The van der Waals surface area contributed by atoms with Crippen molar-refractivity contribution in [1.29, 1.82) is 4.78 Å². The smallest absolute Gasteiger partial charge is 0.115 e. The lowest BCUT2D eigenvalue weighted by molar-refractivity contribution is 0.0884. The zero-order chi connectivity index (χ0) is 9.41. The standard InChI is InChI=1S/C8H16FNOS/c1-7(2)8(9)3-5-12(10,11)6-4-8/h7,10H,3-6H2,1-2H3. The zero-order valence-corrected chi connectivity index (χ0v) is 8.42. The summed E-state index contributed by atoms with van der Waals surface area (Å²) in [5, 5.41) is 0. The number of alkyl halides is 1. The van der Waals surface area contributed by atoms with E-state index in [1.165, 1.54) is 0 Å². The van der Waals surface area contributed by atoms with Crippen molar-refractivity contribution in [3.63, 3.8) is 0 Å². The van der Waals surface area contributed by atoms with E-state index in [9.17, 15) is 8.60 Å². The van der Waals surface area contributed by atoms with Gasteiger partial charge in [0.1, 0.15) is 5.67 Å². The van der Waals surface area contributed by atoms with Gasteiger partial charge in [0, 0.05) is 21.2 Å². The average molecular weight is 193 g/mol. The van der Waals surface area contributed by atoms with Crippen LogP contribution in [-0.4, -0.2) is 21.4 Å². The predicted molar refractivity (Wildman–Crippen MR) is 48.5 cm³/mol. The number of hydrogen-bond donors (Lipinski definition) is 1. The van der Waals surface area contributed by atoms with Gasteiger partial charge in [-0.25, -0.2) is 8.60 Å². The van der Waals surface area contributed by atoms with Crippen molar-refractivity contribution in [1.82, 2.24) is 0 Å². The van der Waals surface area contributed by atoms with Crippen LogP contribution in [0.1, 0.15) is 26.7 Å². The lowest BCUT2D eigenvalue weighted by atomic mass is 9.87. The van der Waals surface area contributed by atoms with E-state index in [2.05, 4.69) is 0 Å². The van der Waals surface area contributed by atoms with Crippen LogP contribution >= 0.6 is 0 Å². The molecule has 1 aliphatic heterocycles. The van der Waals surface area contributed by atoms with E-state index in [0.29, 0.717) is 12.8 Å². The summed E-state index contributed by atoms with van der Waals surface area (Å²) in [7, 11) is -2.43. The number of hydrogen-bond acceptors (Lipinski definition) is 2. The summed E-state index contributed by atoms with van der Waals surface area (Å²) in [6.45, 7) is 3.69. The number of nitrogens with one attached hydrogen (secondary N) is 1. The van der Waals surface area contributed by atoms with Crippen LogP contribution in [0, 0.1) is 10.7 Å². The van der Waals surface area contributed by atoms with E-state index >= 15 is 0 Å². The molecule has 1 heterocycles. The number of halogens is 1. The van der Waals surface area contributed by atoms with Gasteiger partial charge in [-0.15, -0.1) is 0 Å². The van der Waals surface area contributed by atoms with Gasteiger partial charge in [0.2, 0.25) is 0 Å². The molecule has 0 bridgehead atoms. The Morgan fingerprint density at radius 3 is 2.17 bits per heavy atom. The van der Waals surface area contributed by atoms with Gasteiger partial charge in [0.15, 0.2) is 0 Å². The fourth-order valence-corrected chi connectivity index (χ4v) is 3.02. The SMILES string of the molecule is CC(C)C1(F)CCS(=N)(=O)CC1. The van der Waals surface area contributed by atoms with Crippen LogP contribution in [0.15, 0.2) is 0 Å². The average Bonchev–Trinajstić information content (AvgIpc) is 1.96. The summed E-state index contributed by atoms with van der Waals surface area (Å²) in [5.74, 6) is 0.455. The normalized spacial score (nSPS) is 43.3. The van der Waals surface area contributed by atoms with E-state index in [1.54, 1.807) is 0 Å². The van der Waals surface area contributed by atoms with Crippen molar-refractivity contribution in [2.75, 3.05) is 11.5 Å². The van der Waals surface area contributed by atoms with Crippen LogP contribution in [0.2, 0.25) is 0 Å². The monoisotopic (exact) mass is 193 g/mol. The number of rotatable bonds is 1. The fourth-order valence-electron chi connectivity index (χ4n) is 1.47. The van der Waals surface area contributed by atoms with Crippen LogP contribution in [0.4, 0.5) is 4.39 Å². The van der Waals surface area contributed by atoms with Crippen molar-refractivity contribution in [3.05, 3.63) is 0 Å². The van der Waals surface area contributed by atoms with Gasteiger partial charge in [-0.3, -0.25) is 4.78 Å². The molecule has 0 unspecified atom stereocenters. The van der Waals surface area contributed by atoms with Gasteiger partial charge < -0.3 is 0 Å². The Bertz CT molecular complexity index is 244. The Labute approximate surface area is 73.5 Å². The molecule has 1 aliphatic rings. The van der Waals surface area contributed by atoms with Crippen LogP contribution < -0.4 is 0 Å². The van der Waals surface area contributed by atoms with E-state index in [0.717, 1.165) is 0 Å². The maximum atomic E-state index is 13.8. The van der Waals surface area contributed by atoms with Crippen molar-refractivity contribution in [2.24, 2.45) is 5.92 Å². The first-order chi connectivity index (χ1) is 5.36. The Morgan fingerprint density at radius 1 is 1.42 bits per heavy atom. The molecule has 0 radical (unpaired) electrons. The first-order valence-corrected chi connectivity index (χ1v) is 6.18. The lowest BCUT2D eigenvalue weighted by Gasteiger charge is -2.33. The molecule has 0 aromatic rings. The van der Waals surface area contributed by atoms with Crippen molar-refractivity contribution in [3.8, 4) is 0 Å². The van der Waals surface area contributed by atoms with Crippen molar-refractivity contribution < 1.29 is 8.60 Å².